The van der Waals surface area contributed by atoms with Crippen molar-refractivity contribution in [2.45, 2.75) is 29.5 Å². The Morgan fingerprint density at radius 3 is 2.21 bits per heavy atom. The standard InChI is InChI=1S/C13H17Br2NO2S/c1-10(14)11-6-8-16(9-7-11)19(17,18)13-4-2-12(15)3-5-13/h2-5,10-11H,6-9H2,1H3. The predicted molar refractivity (Wildman–Crippen MR) is 84.0 cm³/mol. The first-order valence-electron chi connectivity index (χ1n) is 6.31. The summed E-state index contributed by atoms with van der Waals surface area (Å²) in [5, 5.41) is 0. The van der Waals surface area contributed by atoms with E-state index in [0.717, 1.165) is 17.3 Å². The van der Waals surface area contributed by atoms with Crippen molar-refractivity contribution in [3.63, 3.8) is 0 Å². The minimum Gasteiger partial charge on any atom is -0.207 e. The highest BCUT2D eigenvalue weighted by Crippen LogP contribution is 2.28. The van der Waals surface area contributed by atoms with Crippen molar-refractivity contribution in [1.82, 2.24) is 4.31 Å². The third-order valence-electron chi connectivity index (χ3n) is 3.60. The monoisotopic (exact) mass is 409 g/mol. The molecule has 0 amide bonds. The molecule has 0 aliphatic carbocycles. The van der Waals surface area contributed by atoms with Gasteiger partial charge in [0.1, 0.15) is 0 Å². The Morgan fingerprint density at radius 2 is 1.74 bits per heavy atom. The third kappa shape index (κ3) is 3.60. The molecule has 0 N–H and O–H groups in total. The van der Waals surface area contributed by atoms with Gasteiger partial charge in [-0.25, -0.2) is 8.42 Å². The van der Waals surface area contributed by atoms with E-state index in [1.807, 2.05) is 0 Å². The SMILES string of the molecule is CC(Br)C1CCN(S(=O)(=O)c2ccc(Br)cc2)CC1. The maximum Gasteiger partial charge on any atom is 0.243 e. The average molecular weight is 411 g/mol. The smallest absolute Gasteiger partial charge is 0.207 e. The molecule has 1 saturated heterocycles. The minimum absolute atomic E-state index is 0.376. The topological polar surface area (TPSA) is 37.4 Å². The molecule has 1 atom stereocenters. The molecule has 1 aliphatic heterocycles. The van der Waals surface area contributed by atoms with Gasteiger partial charge >= 0.3 is 0 Å². The van der Waals surface area contributed by atoms with Crippen LogP contribution in [0.4, 0.5) is 0 Å². The number of hydrogen-bond donors (Lipinski definition) is 0. The molecule has 0 aromatic heterocycles. The number of halogens is 2. The van der Waals surface area contributed by atoms with Crippen LogP contribution in [-0.2, 0) is 10.0 Å². The summed E-state index contributed by atoms with van der Waals surface area (Å²) in [5.41, 5.74) is 0. The van der Waals surface area contributed by atoms with Crippen LogP contribution in [-0.4, -0.2) is 30.6 Å². The number of alkyl halides is 1. The highest BCUT2D eigenvalue weighted by atomic mass is 79.9. The lowest BCUT2D eigenvalue weighted by molar-refractivity contribution is 0.275. The van der Waals surface area contributed by atoms with E-state index in [1.165, 1.54) is 0 Å². The van der Waals surface area contributed by atoms with Gasteiger partial charge in [-0.1, -0.05) is 38.8 Å². The van der Waals surface area contributed by atoms with Gasteiger partial charge < -0.3 is 0 Å². The molecule has 6 heteroatoms. The lowest BCUT2D eigenvalue weighted by atomic mass is 9.96. The summed E-state index contributed by atoms with van der Waals surface area (Å²) in [6.07, 6.45) is 1.84. The van der Waals surface area contributed by atoms with Crippen molar-refractivity contribution in [1.29, 1.82) is 0 Å². The largest absolute Gasteiger partial charge is 0.243 e. The first-order valence-corrected chi connectivity index (χ1v) is 9.46. The van der Waals surface area contributed by atoms with Gasteiger partial charge in [0.15, 0.2) is 0 Å². The van der Waals surface area contributed by atoms with Crippen molar-refractivity contribution in [3.8, 4) is 0 Å². The van der Waals surface area contributed by atoms with Crippen LogP contribution >= 0.6 is 31.9 Å². The van der Waals surface area contributed by atoms with Crippen LogP contribution in [0.15, 0.2) is 33.6 Å². The molecule has 0 saturated carbocycles. The van der Waals surface area contributed by atoms with Crippen LogP contribution in [0.1, 0.15) is 19.8 Å². The molecule has 106 valence electrons. The van der Waals surface area contributed by atoms with Crippen LogP contribution in [0.2, 0.25) is 0 Å². The van der Waals surface area contributed by atoms with Crippen molar-refractivity contribution in [3.05, 3.63) is 28.7 Å². The lowest BCUT2D eigenvalue weighted by Gasteiger charge is -2.32. The molecule has 0 radical (unpaired) electrons. The van der Waals surface area contributed by atoms with Crippen LogP contribution < -0.4 is 0 Å². The third-order valence-corrected chi connectivity index (χ3v) is 6.79. The van der Waals surface area contributed by atoms with Gasteiger partial charge in [-0.05, 0) is 43.0 Å². The number of nitrogens with zero attached hydrogens (tertiary/aromatic N) is 1. The van der Waals surface area contributed by atoms with Crippen LogP contribution in [0.25, 0.3) is 0 Å². The fraction of sp³-hybridized carbons (Fsp3) is 0.538. The van der Waals surface area contributed by atoms with Crippen molar-refractivity contribution < 1.29 is 8.42 Å². The second kappa shape index (κ2) is 6.24. The van der Waals surface area contributed by atoms with E-state index in [0.29, 0.717) is 28.7 Å². The Balaban J connectivity index is 2.12. The Kier molecular flexibility index (Phi) is 5.09. The van der Waals surface area contributed by atoms with Gasteiger partial charge in [-0.3, -0.25) is 0 Å². The predicted octanol–water partition coefficient (Wildman–Crippen LogP) is 3.63. The number of benzene rings is 1. The number of rotatable bonds is 3. The molecule has 2 rings (SSSR count). The Labute approximate surface area is 131 Å². The normalized spacial score (nSPS) is 20.4. The molecule has 1 fully saturated rings. The van der Waals surface area contributed by atoms with Gasteiger partial charge in [0.05, 0.1) is 4.90 Å². The Morgan fingerprint density at radius 1 is 1.21 bits per heavy atom. The second-order valence-corrected chi connectivity index (χ2v) is 9.17. The first kappa shape index (κ1) is 15.5. The minimum atomic E-state index is -3.33. The number of piperidine rings is 1. The summed E-state index contributed by atoms with van der Waals surface area (Å²) in [6, 6.07) is 6.83. The molecule has 3 nitrogen and oxygen atoms in total. The lowest BCUT2D eigenvalue weighted by Crippen LogP contribution is -2.39. The molecule has 19 heavy (non-hydrogen) atoms. The molecule has 1 aromatic rings. The summed E-state index contributed by atoms with van der Waals surface area (Å²) in [4.78, 5) is 0.825. The fourth-order valence-corrected chi connectivity index (χ4v) is 4.59. The van der Waals surface area contributed by atoms with Crippen molar-refractivity contribution >= 4 is 41.9 Å². The Hall–Kier alpha value is 0.0900. The molecule has 0 bridgehead atoms. The number of hydrogen-bond acceptors (Lipinski definition) is 2. The van der Waals surface area contributed by atoms with Gasteiger partial charge in [-0.2, -0.15) is 4.31 Å². The average Bonchev–Trinajstić information content (AvgIpc) is 2.39. The highest BCUT2D eigenvalue weighted by molar-refractivity contribution is 9.10. The zero-order chi connectivity index (χ0) is 14.0. The van der Waals surface area contributed by atoms with E-state index < -0.39 is 10.0 Å². The van der Waals surface area contributed by atoms with Crippen molar-refractivity contribution in [2.75, 3.05) is 13.1 Å². The molecule has 1 aliphatic rings. The molecule has 0 spiro atoms. The van der Waals surface area contributed by atoms with Gasteiger partial charge in [0.2, 0.25) is 10.0 Å². The summed E-state index contributed by atoms with van der Waals surface area (Å²) >= 11 is 6.90. The first-order chi connectivity index (χ1) is 8.91. The van der Waals surface area contributed by atoms with E-state index in [1.54, 1.807) is 28.6 Å². The summed E-state index contributed by atoms with van der Waals surface area (Å²) in [6.45, 7) is 3.35. The van der Waals surface area contributed by atoms with E-state index in [9.17, 15) is 8.42 Å². The van der Waals surface area contributed by atoms with E-state index in [4.69, 9.17) is 0 Å². The molecule has 1 aromatic carbocycles. The van der Waals surface area contributed by atoms with Crippen LogP contribution in [0.3, 0.4) is 0 Å². The van der Waals surface area contributed by atoms with Gasteiger partial charge in [-0.15, -0.1) is 0 Å². The number of sulfonamides is 1. The molecular weight excluding hydrogens is 394 g/mol. The Bertz CT molecular complexity index is 520. The summed E-state index contributed by atoms with van der Waals surface area (Å²) < 4.78 is 27.4. The van der Waals surface area contributed by atoms with E-state index >= 15 is 0 Å². The molecule has 1 heterocycles. The molecule has 1 unspecified atom stereocenters. The van der Waals surface area contributed by atoms with E-state index in [2.05, 4.69) is 38.8 Å². The maximum absolute atomic E-state index is 12.5. The zero-order valence-electron chi connectivity index (χ0n) is 10.7. The zero-order valence-corrected chi connectivity index (χ0v) is 14.7. The highest BCUT2D eigenvalue weighted by Gasteiger charge is 2.30. The van der Waals surface area contributed by atoms with Crippen LogP contribution in [0.5, 0.6) is 0 Å². The second-order valence-electron chi connectivity index (χ2n) is 4.87. The fourth-order valence-electron chi connectivity index (χ4n) is 2.33. The quantitative estimate of drug-likeness (QED) is 0.713. The maximum atomic E-state index is 12.5. The van der Waals surface area contributed by atoms with Crippen LogP contribution in [0, 0.1) is 5.92 Å². The molecular formula is C13H17Br2NO2S. The van der Waals surface area contributed by atoms with E-state index in [-0.39, 0.29) is 0 Å². The van der Waals surface area contributed by atoms with Gasteiger partial charge in [0, 0.05) is 22.4 Å². The summed E-state index contributed by atoms with van der Waals surface area (Å²) in [7, 11) is -3.33. The van der Waals surface area contributed by atoms with Gasteiger partial charge in [0.25, 0.3) is 0 Å². The summed E-state index contributed by atoms with van der Waals surface area (Å²) in [5.74, 6) is 0.566. The van der Waals surface area contributed by atoms with Crippen molar-refractivity contribution in [2.24, 2.45) is 5.92 Å².